The summed E-state index contributed by atoms with van der Waals surface area (Å²) in [6, 6.07) is 15.9. The van der Waals surface area contributed by atoms with Crippen molar-refractivity contribution in [1.82, 2.24) is 14.8 Å². The lowest BCUT2D eigenvalue weighted by molar-refractivity contribution is -0.117. The number of nitrogens with zero attached hydrogens (tertiary/aromatic N) is 3. The molecule has 3 aromatic rings. The van der Waals surface area contributed by atoms with Crippen LogP contribution in [0.3, 0.4) is 0 Å². The van der Waals surface area contributed by atoms with Gasteiger partial charge < -0.3 is 5.32 Å². The van der Waals surface area contributed by atoms with E-state index in [4.69, 9.17) is 0 Å². The van der Waals surface area contributed by atoms with Crippen LogP contribution < -0.4 is 10.9 Å². The maximum absolute atomic E-state index is 12.1. The predicted octanol–water partition coefficient (Wildman–Crippen LogP) is 1.94. The smallest absolute Gasteiger partial charge is 0.267 e. The summed E-state index contributed by atoms with van der Waals surface area (Å²) < 4.78 is 1.15. The fraction of sp³-hybridized carbons (Fsp3) is 0.0588. The minimum Gasteiger partial charge on any atom is -0.324 e. The molecule has 0 radical (unpaired) electrons. The predicted molar refractivity (Wildman–Crippen MR) is 86.8 cm³/mol. The number of aromatic nitrogens is 3. The highest BCUT2D eigenvalue weighted by Crippen LogP contribution is 2.14. The molecule has 2 aromatic heterocycles. The van der Waals surface area contributed by atoms with Gasteiger partial charge >= 0.3 is 0 Å². The summed E-state index contributed by atoms with van der Waals surface area (Å²) in [4.78, 5) is 27.8. The van der Waals surface area contributed by atoms with Crippen LogP contribution in [0.4, 0.5) is 5.69 Å². The average molecular weight is 306 g/mol. The van der Waals surface area contributed by atoms with E-state index in [0.29, 0.717) is 11.4 Å². The van der Waals surface area contributed by atoms with Crippen molar-refractivity contribution in [2.45, 2.75) is 6.54 Å². The molecule has 6 nitrogen and oxygen atoms in total. The number of nitrogens with one attached hydrogen (secondary N) is 1. The van der Waals surface area contributed by atoms with Gasteiger partial charge in [0.05, 0.1) is 5.69 Å². The molecule has 0 aliphatic carbocycles. The first-order valence-corrected chi connectivity index (χ1v) is 7.06. The van der Waals surface area contributed by atoms with Gasteiger partial charge in [0.2, 0.25) is 5.91 Å². The number of anilines is 1. The number of hydrogen-bond acceptors (Lipinski definition) is 4. The Balaban J connectivity index is 1.80. The summed E-state index contributed by atoms with van der Waals surface area (Å²) in [6.45, 7) is -0.151. The first-order chi connectivity index (χ1) is 11.2. The van der Waals surface area contributed by atoms with Crippen LogP contribution in [0.25, 0.3) is 11.3 Å². The van der Waals surface area contributed by atoms with Gasteiger partial charge in [-0.1, -0.05) is 30.3 Å². The molecule has 0 saturated carbocycles. The zero-order valence-corrected chi connectivity index (χ0v) is 12.2. The second kappa shape index (κ2) is 6.65. The van der Waals surface area contributed by atoms with Crippen molar-refractivity contribution < 1.29 is 4.79 Å². The number of carbonyl (C=O) groups is 1. The van der Waals surface area contributed by atoms with Crippen molar-refractivity contribution in [3.63, 3.8) is 0 Å². The Morgan fingerprint density at radius 3 is 2.48 bits per heavy atom. The number of pyridine rings is 1. The van der Waals surface area contributed by atoms with Gasteiger partial charge in [0.1, 0.15) is 6.54 Å². The van der Waals surface area contributed by atoms with Crippen molar-refractivity contribution in [3.05, 3.63) is 77.3 Å². The van der Waals surface area contributed by atoms with Gasteiger partial charge in [-0.2, -0.15) is 5.10 Å². The molecule has 2 heterocycles. The Morgan fingerprint density at radius 2 is 1.74 bits per heavy atom. The molecule has 0 saturated heterocycles. The maximum Gasteiger partial charge on any atom is 0.267 e. The van der Waals surface area contributed by atoms with Crippen LogP contribution in [0.15, 0.2) is 71.8 Å². The van der Waals surface area contributed by atoms with Crippen molar-refractivity contribution in [3.8, 4) is 11.3 Å². The minimum absolute atomic E-state index is 0.151. The third-order valence-corrected chi connectivity index (χ3v) is 3.19. The monoisotopic (exact) mass is 306 g/mol. The van der Waals surface area contributed by atoms with Gasteiger partial charge in [-0.15, -0.1) is 0 Å². The normalized spacial score (nSPS) is 10.3. The van der Waals surface area contributed by atoms with Crippen molar-refractivity contribution >= 4 is 11.6 Å². The van der Waals surface area contributed by atoms with Crippen LogP contribution in [0, 0.1) is 0 Å². The van der Waals surface area contributed by atoms with Gasteiger partial charge in [0.15, 0.2) is 0 Å². The van der Waals surface area contributed by atoms with Crippen molar-refractivity contribution in [1.29, 1.82) is 0 Å². The average Bonchev–Trinajstić information content (AvgIpc) is 2.58. The maximum atomic E-state index is 12.1. The molecule has 0 bridgehead atoms. The van der Waals surface area contributed by atoms with E-state index in [9.17, 15) is 9.59 Å². The zero-order valence-electron chi connectivity index (χ0n) is 12.2. The third-order valence-electron chi connectivity index (χ3n) is 3.19. The number of carbonyl (C=O) groups excluding carboxylic acids is 1. The second-order valence-corrected chi connectivity index (χ2v) is 4.86. The van der Waals surface area contributed by atoms with Crippen LogP contribution in [-0.4, -0.2) is 20.7 Å². The number of rotatable bonds is 4. The minimum atomic E-state index is -0.324. The molecular formula is C17H14N4O2. The van der Waals surface area contributed by atoms with E-state index in [-0.39, 0.29) is 18.0 Å². The summed E-state index contributed by atoms with van der Waals surface area (Å²) in [5.74, 6) is -0.323. The Kier molecular flexibility index (Phi) is 4.24. The van der Waals surface area contributed by atoms with Gasteiger partial charge in [-0.05, 0) is 18.2 Å². The molecule has 114 valence electrons. The molecule has 0 unspecified atom stereocenters. The first kappa shape index (κ1) is 14.6. The Labute approximate surface area is 132 Å². The van der Waals surface area contributed by atoms with Crippen LogP contribution in [0.5, 0.6) is 0 Å². The highest BCUT2D eigenvalue weighted by atomic mass is 16.2. The van der Waals surface area contributed by atoms with Crippen LogP contribution in [-0.2, 0) is 11.3 Å². The van der Waals surface area contributed by atoms with E-state index in [1.165, 1.54) is 6.07 Å². The SMILES string of the molecule is O=C(Cn1nc(-c2ccccc2)ccc1=O)Nc1ccncc1. The molecule has 1 N–H and O–H groups in total. The molecule has 0 fully saturated rings. The van der Waals surface area contributed by atoms with Crippen LogP contribution in [0.1, 0.15) is 0 Å². The fourth-order valence-corrected chi connectivity index (χ4v) is 2.10. The van der Waals surface area contributed by atoms with Gasteiger partial charge in [-0.25, -0.2) is 4.68 Å². The lowest BCUT2D eigenvalue weighted by Gasteiger charge is -2.08. The lowest BCUT2D eigenvalue weighted by atomic mass is 10.1. The zero-order chi connectivity index (χ0) is 16.1. The molecule has 3 rings (SSSR count). The van der Waals surface area contributed by atoms with E-state index in [1.54, 1.807) is 30.6 Å². The van der Waals surface area contributed by atoms with Gasteiger partial charge in [0.25, 0.3) is 5.56 Å². The molecular weight excluding hydrogens is 292 g/mol. The Hall–Kier alpha value is -3.28. The number of benzene rings is 1. The summed E-state index contributed by atoms with van der Waals surface area (Å²) in [7, 11) is 0. The van der Waals surface area contributed by atoms with Gasteiger partial charge in [-0.3, -0.25) is 14.6 Å². The first-order valence-electron chi connectivity index (χ1n) is 7.06. The molecule has 1 amide bonds. The molecule has 23 heavy (non-hydrogen) atoms. The summed E-state index contributed by atoms with van der Waals surface area (Å²) in [5, 5.41) is 6.95. The van der Waals surface area contributed by atoms with Crippen LogP contribution in [0.2, 0.25) is 0 Å². The molecule has 0 atom stereocenters. The molecule has 0 spiro atoms. The Bertz CT molecular complexity index is 861. The van der Waals surface area contributed by atoms with E-state index in [1.807, 2.05) is 30.3 Å². The third kappa shape index (κ3) is 3.68. The molecule has 0 aliphatic rings. The topological polar surface area (TPSA) is 76.9 Å². The van der Waals surface area contributed by atoms with Crippen LogP contribution >= 0.6 is 0 Å². The number of hydrogen-bond donors (Lipinski definition) is 1. The highest BCUT2D eigenvalue weighted by Gasteiger charge is 2.08. The molecule has 6 heteroatoms. The summed E-state index contributed by atoms with van der Waals surface area (Å²) in [5.41, 5.74) is 1.82. The van der Waals surface area contributed by atoms with E-state index < -0.39 is 0 Å². The fourth-order valence-electron chi connectivity index (χ4n) is 2.10. The second-order valence-electron chi connectivity index (χ2n) is 4.86. The quantitative estimate of drug-likeness (QED) is 0.799. The van der Waals surface area contributed by atoms with E-state index in [2.05, 4.69) is 15.4 Å². The molecule has 1 aromatic carbocycles. The van der Waals surface area contributed by atoms with Crippen molar-refractivity contribution in [2.75, 3.05) is 5.32 Å². The van der Waals surface area contributed by atoms with Crippen molar-refractivity contribution in [2.24, 2.45) is 0 Å². The standard InChI is InChI=1S/C17H14N4O2/c22-16(19-14-8-10-18-11-9-14)12-21-17(23)7-6-15(20-21)13-4-2-1-3-5-13/h1-11H,12H2,(H,18,19,22). The highest BCUT2D eigenvalue weighted by molar-refractivity contribution is 5.90. The lowest BCUT2D eigenvalue weighted by Crippen LogP contribution is -2.29. The summed E-state index contributed by atoms with van der Waals surface area (Å²) in [6.07, 6.45) is 3.16. The summed E-state index contributed by atoms with van der Waals surface area (Å²) >= 11 is 0. The largest absolute Gasteiger partial charge is 0.324 e. The number of amides is 1. The molecule has 0 aliphatic heterocycles. The van der Waals surface area contributed by atoms with E-state index >= 15 is 0 Å². The Morgan fingerprint density at radius 1 is 1.00 bits per heavy atom. The van der Waals surface area contributed by atoms with Gasteiger partial charge in [0, 0.05) is 29.7 Å². The van der Waals surface area contributed by atoms with E-state index in [0.717, 1.165) is 10.2 Å².